The number of Topliss-reactive ketones (excluding diaryl/α,β-unsaturated/α-hetero) is 1. The second kappa shape index (κ2) is 2.84. The predicted octanol–water partition coefficient (Wildman–Crippen LogP) is 0.536. The molecular formula is C8H12FNO2. The first-order valence-corrected chi connectivity index (χ1v) is 3.91. The topological polar surface area (TPSA) is 37.4 Å². The molecular weight excluding hydrogens is 161 g/mol. The lowest BCUT2D eigenvalue weighted by molar-refractivity contribution is -0.141. The molecule has 0 unspecified atom stereocenters. The summed E-state index contributed by atoms with van der Waals surface area (Å²) < 4.78 is 13.1. The van der Waals surface area contributed by atoms with Crippen LogP contribution in [0.1, 0.15) is 20.3 Å². The number of amides is 1. The van der Waals surface area contributed by atoms with Crippen LogP contribution in [0.15, 0.2) is 0 Å². The van der Waals surface area contributed by atoms with Gasteiger partial charge in [0.1, 0.15) is 0 Å². The number of hydrogen-bond acceptors (Lipinski definition) is 2. The molecule has 12 heavy (non-hydrogen) atoms. The molecule has 0 N–H and O–H groups in total. The van der Waals surface area contributed by atoms with E-state index in [2.05, 4.69) is 0 Å². The van der Waals surface area contributed by atoms with Gasteiger partial charge in [0.25, 0.3) is 5.91 Å². The minimum absolute atomic E-state index is 0.00704. The Morgan fingerprint density at radius 2 is 2.17 bits per heavy atom. The third-order valence-corrected chi connectivity index (χ3v) is 1.82. The molecule has 0 spiro atoms. The van der Waals surface area contributed by atoms with Gasteiger partial charge in [-0.05, 0) is 13.8 Å². The number of ketones is 1. The van der Waals surface area contributed by atoms with Crippen LogP contribution in [0.5, 0.6) is 0 Å². The molecule has 1 saturated heterocycles. The molecule has 1 aliphatic rings. The van der Waals surface area contributed by atoms with Gasteiger partial charge < -0.3 is 4.90 Å². The van der Waals surface area contributed by atoms with E-state index in [0.29, 0.717) is 13.0 Å². The average molecular weight is 173 g/mol. The Morgan fingerprint density at radius 3 is 2.50 bits per heavy atom. The van der Waals surface area contributed by atoms with Crippen molar-refractivity contribution < 1.29 is 14.0 Å². The summed E-state index contributed by atoms with van der Waals surface area (Å²) in [5.41, 5.74) is -1.86. The fraction of sp³-hybridized carbons (Fsp3) is 0.750. The minimum atomic E-state index is -1.86. The maximum atomic E-state index is 13.1. The number of halogens is 1. The molecule has 0 saturated carbocycles. The van der Waals surface area contributed by atoms with Gasteiger partial charge in [0.15, 0.2) is 11.5 Å². The zero-order valence-electron chi connectivity index (χ0n) is 7.26. The zero-order chi connectivity index (χ0) is 9.35. The molecule has 0 aromatic rings. The van der Waals surface area contributed by atoms with Gasteiger partial charge in [0, 0.05) is 13.0 Å². The summed E-state index contributed by atoms with van der Waals surface area (Å²) >= 11 is 0. The molecule has 0 aromatic carbocycles. The maximum absolute atomic E-state index is 13.1. The molecule has 1 rings (SSSR count). The fourth-order valence-electron chi connectivity index (χ4n) is 1.18. The van der Waals surface area contributed by atoms with E-state index in [-0.39, 0.29) is 12.3 Å². The lowest BCUT2D eigenvalue weighted by Gasteiger charge is -2.21. The van der Waals surface area contributed by atoms with Gasteiger partial charge in [0.2, 0.25) is 0 Å². The number of rotatable bonds is 1. The van der Waals surface area contributed by atoms with E-state index >= 15 is 0 Å². The lowest BCUT2D eigenvalue weighted by atomic mass is 10.1. The summed E-state index contributed by atoms with van der Waals surface area (Å²) in [6.07, 6.45) is 0.363. The van der Waals surface area contributed by atoms with E-state index in [1.165, 1.54) is 18.7 Å². The summed E-state index contributed by atoms with van der Waals surface area (Å²) in [6, 6.07) is 0. The van der Waals surface area contributed by atoms with Crippen molar-refractivity contribution in [2.75, 3.05) is 13.1 Å². The van der Waals surface area contributed by atoms with Crippen molar-refractivity contribution in [1.29, 1.82) is 0 Å². The Bertz CT molecular complexity index is 220. The first kappa shape index (κ1) is 9.16. The van der Waals surface area contributed by atoms with Gasteiger partial charge in [-0.25, -0.2) is 4.39 Å². The molecule has 0 radical (unpaired) electrons. The SMILES string of the molecule is CC(C)(F)C(=O)N1CCC(=O)C1. The van der Waals surface area contributed by atoms with Crippen LogP contribution in [0.2, 0.25) is 0 Å². The highest BCUT2D eigenvalue weighted by Gasteiger charge is 2.34. The van der Waals surface area contributed by atoms with Gasteiger partial charge >= 0.3 is 0 Å². The van der Waals surface area contributed by atoms with Gasteiger partial charge in [-0.2, -0.15) is 0 Å². The summed E-state index contributed by atoms with van der Waals surface area (Å²) in [6.45, 7) is 2.85. The minimum Gasteiger partial charge on any atom is -0.332 e. The summed E-state index contributed by atoms with van der Waals surface area (Å²) in [7, 11) is 0. The van der Waals surface area contributed by atoms with Gasteiger partial charge in [-0.1, -0.05) is 0 Å². The number of likely N-dealkylation sites (tertiary alicyclic amines) is 1. The van der Waals surface area contributed by atoms with Gasteiger partial charge in [-0.15, -0.1) is 0 Å². The molecule has 1 aliphatic heterocycles. The van der Waals surface area contributed by atoms with E-state index in [1.54, 1.807) is 0 Å². The molecule has 0 aliphatic carbocycles. The predicted molar refractivity (Wildman–Crippen MR) is 41.4 cm³/mol. The summed E-state index contributed by atoms with van der Waals surface area (Å²) in [4.78, 5) is 23.2. The summed E-state index contributed by atoms with van der Waals surface area (Å²) in [5, 5.41) is 0. The molecule has 1 heterocycles. The van der Waals surface area contributed by atoms with E-state index in [0.717, 1.165) is 0 Å². The molecule has 0 aromatic heterocycles. The van der Waals surface area contributed by atoms with Crippen LogP contribution in [0, 0.1) is 0 Å². The van der Waals surface area contributed by atoms with Crippen LogP contribution in [0.25, 0.3) is 0 Å². The van der Waals surface area contributed by atoms with E-state index in [4.69, 9.17) is 0 Å². The molecule has 68 valence electrons. The van der Waals surface area contributed by atoms with Crippen molar-refractivity contribution in [3.8, 4) is 0 Å². The van der Waals surface area contributed by atoms with Crippen LogP contribution in [-0.4, -0.2) is 35.3 Å². The highest BCUT2D eigenvalue weighted by molar-refractivity contribution is 5.92. The van der Waals surface area contributed by atoms with Gasteiger partial charge in [-0.3, -0.25) is 9.59 Å². The monoisotopic (exact) mass is 173 g/mol. The third-order valence-electron chi connectivity index (χ3n) is 1.82. The number of hydrogen-bond donors (Lipinski definition) is 0. The Kier molecular flexibility index (Phi) is 2.17. The molecule has 3 nitrogen and oxygen atoms in total. The van der Waals surface area contributed by atoms with Crippen LogP contribution in [0.3, 0.4) is 0 Å². The lowest BCUT2D eigenvalue weighted by Crippen LogP contribution is -2.41. The molecule has 1 amide bonds. The Hall–Kier alpha value is -0.930. The second-order valence-corrected chi connectivity index (χ2v) is 3.49. The van der Waals surface area contributed by atoms with Gasteiger partial charge in [0.05, 0.1) is 6.54 Å². The van der Waals surface area contributed by atoms with Crippen molar-refractivity contribution in [2.45, 2.75) is 25.9 Å². The third kappa shape index (κ3) is 1.81. The fourth-order valence-corrected chi connectivity index (χ4v) is 1.18. The van der Waals surface area contributed by atoms with Crippen LogP contribution in [-0.2, 0) is 9.59 Å². The Morgan fingerprint density at radius 1 is 1.58 bits per heavy atom. The summed E-state index contributed by atoms with van der Waals surface area (Å²) in [5.74, 6) is -0.582. The first-order valence-electron chi connectivity index (χ1n) is 3.91. The molecule has 0 bridgehead atoms. The molecule has 1 fully saturated rings. The maximum Gasteiger partial charge on any atom is 0.260 e. The standard InChI is InChI=1S/C8H12FNO2/c1-8(2,9)7(12)10-4-3-6(11)5-10/h3-5H2,1-2H3. The second-order valence-electron chi connectivity index (χ2n) is 3.49. The van der Waals surface area contributed by atoms with Crippen molar-refractivity contribution in [2.24, 2.45) is 0 Å². The van der Waals surface area contributed by atoms with Crippen LogP contribution >= 0.6 is 0 Å². The Balaban J connectivity index is 2.61. The van der Waals surface area contributed by atoms with E-state index in [9.17, 15) is 14.0 Å². The number of nitrogens with zero attached hydrogens (tertiary/aromatic N) is 1. The van der Waals surface area contributed by atoms with Crippen LogP contribution in [0.4, 0.5) is 4.39 Å². The quantitative estimate of drug-likeness (QED) is 0.580. The van der Waals surface area contributed by atoms with Crippen molar-refractivity contribution in [1.82, 2.24) is 4.90 Å². The van der Waals surface area contributed by atoms with Crippen molar-refractivity contribution >= 4 is 11.7 Å². The highest BCUT2D eigenvalue weighted by atomic mass is 19.1. The Labute approximate surface area is 70.5 Å². The first-order chi connectivity index (χ1) is 5.41. The van der Waals surface area contributed by atoms with E-state index < -0.39 is 11.6 Å². The van der Waals surface area contributed by atoms with Crippen molar-refractivity contribution in [3.63, 3.8) is 0 Å². The molecule has 0 atom stereocenters. The normalized spacial score (nSPS) is 18.6. The number of carbonyl (C=O) groups is 2. The smallest absolute Gasteiger partial charge is 0.260 e. The molecule has 4 heteroatoms. The van der Waals surface area contributed by atoms with E-state index in [1.807, 2.05) is 0 Å². The van der Waals surface area contributed by atoms with Crippen LogP contribution < -0.4 is 0 Å². The number of carbonyl (C=O) groups excluding carboxylic acids is 2. The highest BCUT2D eigenvalue weighted by Crippen LogP contribution is 2.16. The number of alkyl halides is 1. The largest absolute Gasteiger partial charge is 0.332 e. The average Bonchev–Trinajstić information content (AvgIpc) is 2.32. The zero-order valence-corrected chi connectivity index (χ0v) is 7.26. The van der Waals surface area contributed by atoms with Crippen molar-refractivity contribution in [3.05, 3.63) is 0 Å².